The molecule has 2 aliphatic heterocycles. The number of thiazole rings is 1. The van der Waals surface area contributed by atoms with E-state index in [0.717, 1.165) is 50.3 Å². The molecule has 0 bridgehead atoms. The minimum Gasteiger partial charge on any atom is -0.391 e. The maximum absolute atomic E-state index is 16.3. The number of pyridine rings is 1. The summed E-state index contributed by atoms with van der Waals surface area (Å²) >= 11 is 1.55. The van der Waals surface area contributed by atoms with Gasteiger partial charge in [-0.3, -0.25) is 29.1 Å². The molecule has 5 N–H and O–H groups in total. The first kappa shape index (κ1) is 50.9. The van der Waals surface area contributed by atoms with Gasteiger partial charge in [0, 0.05) is 66.1 Å². The molecule has 14 nitrogen and oxygen atoms in total. The lowest BCUT2D eigenvalue weighted by molar-refractivity contribution is -0.144. The normalized spacial score (nSPS) is 18.8. The number of carbonyl (C=O) groups excluding carboxylic acids is 4. The fourth-order valence-electron chi connectivity index (χ4n) is 9.50. The highest BCUT2D eigenvalue weighted by Gasteiger charge is 2.45. The van der Waals surface area contributed by atoms with E-state index in [2.05, 4.69) is 30.9 Å². The van der Waals surface area contributed by atoms with Gasteiger partial charge in [0.1, 0.15) is 41.7 Å². The second-order valence-electron chi connectivity index (χ2n) is 20.2. The van der Waals surface area contributed by atoms with Gasteiger partial charge >= 0.3 is 0 Å². The van der Waals surface area contributed by atoms with Gasteiger partial charge < -0.3 is 35.7 Å². The molecule has 0 radical (unpaired) electrons. The number of likely N-dealkylation sites (tertiary alicyclic amines) is 1. The number of hydrogen-bond acceptors (Lipinski definition) is 10. The Morgan fingerprint density at radius 2 is 1.68 bits per heavy atom. The van der Waals surface area contributed by atoms with Crippen LogP contribution in [0.1, 0.15) is 98.1 Å². The van der Waals surface area contributed by atoms with E-state index in [4.69, 9.17) is 4.74 Å². The smallest absolute Gasteiger partial charge is 0.274 e. The van der Waals surface area contributed by atoms with E-state index in [9.17, 15) is 24.3 Å². The summed E-state index contributed by atoms with van der Waals surface area (Å²) < 4.78 is 53.4. The third-order valence-corrected chi connectivity index (χ3v) is 13.9. The lowest BCUT2D eigenvalue weighted by Crippen LogP contribution is -2.58. The Morgan fingerprint density at radius 1 is 0.972 bits per heavy atom. The SMILES string of the molecule is Cc1ncsc1-c1ccc(CNC(=O)[C@@H]2C[C@@H](O)CN2C(=O)[C@@H](NC(=O)COCc2ccc(C(=O)Nc3cc(F)c([C@@H]4c5[nH]c6ccccc6c5C[C@@H](C)N4CC(C)(C)F)c(F)c3)nc2)C(C)(C)C)cc1. The highest BCUT2D eigenvalue weighted by molar-refractivity contribution is 7.13. The first-order valence-electron chi connectivity index (χ1n) is 23.6. The minimum absolute atomic E-state index is 0.0443. The van der Waals surface area contributed by atoms with E-state index in [1.165, 1.54) is 31.0 Å². The van der Waals surface area contributed by atoms with Crippen LogP contribution in [0.3, 0.4) is 0 Å². The summed E-state index contributed by atoms with van der Waals surface area (Å²) in [5, 5.41) is 19.7. The van der Waals surface area contributed by atoms with Crippen molar-refractivity contribution in [2.75, 3.05) is 25.0 Å². The van der Waals surface area contributed by atoms with Crippen LogP contribution >= 0.6 is 11.3 Å². The van der Waals surface area contributed by atoms with Crippen LogP contribution in [0.25, 0.3) is 21.3 Å². The molecule has 4 amide bonds. The van der Waals surface area contributed by atoms with Gasteiger partial charge in [-0.05, 0) is 86.1 Å². The predicted octanol–water partition coefficient (Wildman–Crippen LogP) is 7.94. The molecule has 0 unspecified atom stereocenters. The van der Waals surface area contributed by atoms with Crippen LogP contribution in [0.15, 0.2) is 84.5 Å². The molecular formula is C53H59F3N8O6S. The number of aliphatic hydroxyl groups excluding tert-OH is 1. The number of aliphatic hydroxyl groups is 1. The zero-order valence-corrected chi connectivity index (χ0v) is 41.6. The predicted molar refractivity (Wildman–Crippen MR) is 265 cm³/mol. The summed E-state index contributed by atoms with van der Waals surface area (Å²) in [7, 11) is 0. The number of fused-ring (bicyclic) bond motifs is 3. The fraction of sp³-hybridized carbons (Fsp3) is 0.396. The maximum Gasteiger partial charge on any atom is 0.274 e. The molecule has 6 aromatic rings. The number of nitrogens with zero attached hydrogens (tertiary/aromatic N) is 4. The number of para-hydroxylation sites is 1. The molecule has 5 atom stereocenters. The van der Waals surface area contributed by atoms with Crippen molar-refractivity contribution in [2.24, 2.45) is 5.41 Å². The van der Waals surface area contributed by atoms with Gasteiger partial charge in [-0.1, -0.05) is 69.3 Å². The van der Waals surface area contributed by atoms with Crippen molar-refractivity contribution in [3.05, 3.63) is 135 Å². The molecule has 3 aromatic carbocycles. The number of anilines is 1. The van der Waals surface area contributed by atoms with Crippen LogP contribution in [0.4, 0.5) is 18.9 Å². The van der Waals surface area contributed by atoms with E-state index in [0.29, 0.717) is 17.7 Å². The number of alkyl halides is 1. The third-order valence-electron chi connectivity index (χ3n) is 13.0. The molecule has 1 fully saturated rings. The van der Waals surface area contributed by atoms with Crippen molar-refractivity contribution in [3.8, 4) is 10.4 Å². The number of H-pyrrole nitrogens is 1. The van der Waals surface area contributed by atoms with Crippen molar-refractivity contribution in [1.29, 1.82) is 0 Å². The zero-order valence-electron chi connectivity index (χ0n) is 40.7. The number of hydrogen-bond donors (Lipinski definition) is 5. The highest BCUT2D eigenvalue weighted by atomic mass is 32.1. The van der Waals surface area contributed by atoms with Gasteiger partial charge in [0.05, 0.1) is 34.8 Å². The molecule has 0 spiro atoms. The standard InChI is InChI=1S/C53H59F3N8O6S/c1-29-18-37-36-10-8-9-11-40(36)61-45(37)46(64(29)27-53(6,7)56)44-38(54)19-34(20-39(44)55)60-49(67)41-17-14-32(23-57-41)25-70-26-43(66)62-48(52(3,4)5)51(69)63-24-35(65)21-42(63)50(68)58-22-31-12-15-33(16-13-31)47-30(2)59-28-71-47/h8-17,19-20,23,28-29,35,42,46,48,61,65H,18,21-22,24-27H2,1-7H3,(H,58,68)(H,60,67)(H,62,66)/t29-,35-,42+,46-,48-/m1/s1. The van der Waals surface area contributed by atoms with Crippen molar-refractivity contribution in [3.63, 3.8) is 0 Å². The number of carbonyl (C=O) groups is 4. The van der Waals surface area contributed by atoms with E-state index in [-0.39, 0.29) is 55.6 Å². The van der Waals surface area contributed by atoms with Gasteiger partial charge in [0.25, 0.3) is 5.91 Å². The number of β-amino-alcohol motifs (C(OH)–C–C–N with tert-alkyl or cyclic N) is 1. The number of benzene rings is 3. The number of amides is 4. The zero-order chi connectivity index (χ0) is 50.9. The minimum atomic E-state index is -1.66. The Bertz CT molecular complexity index is 2910. The van der Waals surface area contributed by atoms with E-state index < -0.39 is 77.2 Å². The summed E-state index contributed by atoms with van der Waals surface area (Å²) in [6.07, 6.45) is 1.04. The molecular weight excluding hydrogens is 934 g/mol. The van der Waals surface area contributed by atoms with Gasteiger partial charge in [-0.2, -0.15) is 0 Å². The van der Waals surface area contributed by atoms with E-state index in [1.807, 2.05) is 62.4 Å². The molecule has 0 saturated carbocycles. The molecule has 18 heteroatoms. The van der Waals surface area contributed by atoms with Crippen molar-refractivity contribution in [2.45, 2.75) is 110 Å². The number of aromatic amines is 1. The Morgan fingerprint density at radius 3 is 2.32 bits per heavy atom. The quantitative estimate of drug-likeness (QED) is 0.0683. The van der Waals surface area contributed by atoms with Gasteiger partial charge in [0.2, 0.25) is 17.7 Å². The Balaban J connectivity index is 0.855. The third kappa shape index (κ3) is 11.5. The number of halogens is 3. The molecule has 2 aliphatic rings. The Kier molecular flexibility index (Phi) is 14.8. The van der Waals surface area contributed by atoms with Crippen LogP contribution in [0.2, 0.25) is 0 Å². The van der Waals surface area contributed by atoms with E-state index in [1.54, 1.807) is 48.6 Å². The molecule has 1 saturated heterocycles. The number of rotatable bonds is 15. The topological polar surface area (TPSA) is 182 Å². The molecule has 71 heavy (non-hydrogen) atoms. The Hall–Kier alpha value is -6.47. The summed E-state index contributed by atoms with van der Waals surface area (Å²) in [5.41, 5.74) is 4.53. The highest BCUT2D eigenvalue weighted by Crippen LogP contribution is 2.44. The monoisotopic (exact) mass is 992 g/mol. The number of ether oxygens (including phenoxy) is 1. The average molecular weight is 993 g/mol. The van der Waals surface area contributed by atoms with Gasteiger partial charge in [0.15, 0.2) is 0 Å². The average Bonchev–Trinajstić information content (AvgIpc) is 4.03. The molecule has 3 aromatic heterocycles. The Labute approximate surface area is 414 Å². The van der Waals surface area contributed by atoms with Crippen LogP contribution in [-0.4, -0.2) is 103 Å². The van der Waals surface area contributed by atoms with Crippen molar-refractivity contribution < 1.29 is 42.2 Å². The molecule has 374 valence electrons. The van der Waals surface area contributed by atoms with Gasteiger partial charge in [-0.25, -0.2) is 18.2 Å². The lowest BCUT2D eigenvalue weighted by Gasteiger charge is -2.43. The van der Waals surface area contributed by atoms with Crippen molar-refractivity contribution in [1.82, 2.24) is 35.4 Å². The first-order chi connectivity index (χ1) is 33.6. The maximum atomic E-state index is 16.3. The first-order valence-corrected chi connectivity index (χ1v) is 24.4. The summed E-state index contributed by atoms with van der Waals surface area (Å²) in [4.78, 5) is 70.1. The van der Waals surface area contributed by atoms with E-state index >= 15 is 13.2 Å². The second kappa shape index (κ2) is 20.7. The second-order valence-corrected chi connectivity index (χ2v) is 21.1. The molecule has 0 aliphatic carbocycles. The lowest BCUT2D eigenvalue weighted by atomic mass is 9.85. The van der Waals surface area contributed by atoms with Crippen LogP contribution in [0, 0.1) is 24.0 Å². The van der Waals surface area contributed by atoms with Crippen LogP contribution in [-0.2, 0) is 38.7 Å². The number of nitrogens with one attached hydrogen (secondary N) is 4. The number of aryl methyl sites for hydroxylation is 1. The van der Waals surface area contributed by atoms with Crippen LogP contribution < -0.4 is 16.0 Å². The number of aromatic nitrogens is 3. The molecule has 5 heterocycles. The summed E-state index contributed by atoms with van der Waals surface area (Å²) in [6, 6.07) is 17.2. The summed E-state index contributed by atoms with van der Waals surface area (Å²) in [5.74, 6) is -4.08. The van der Waals surface area contributed by atoms with Gasteiger partial charge in [-0.15, -0.1) is 11.3 Å². The molecule has 8 rings (SSSR count). The van der Waals surface area contributed by atoms with Crippen LogP contribution in [0.5, 0.6) is 0 Å². The fourth-order valence-corrected chi connectivity index (χ4v) is 10.3. The largest absolute Gasteiger partial charge is 0.391 e. The summed E-state index contributed by atoms with van der Waals surface area (Å²) in [6.45, 7) is 11.6. The van der Waals surface area contributed by atoms with Crippen molar-refractivity contribution >= 4 is 51.6 Å².